The number of nitrogens with zero attached hydrogens (tertiary/aromatic N) is 2. The molecule has 278 valence electrons. The molecule has 0 amide bonds. The minimum Gasteiger partial charge on any atom is -0.294 e. The van der Waals surface area contributed by atoms with Crippen LogP contribution in [0.4, 0.5) is 17.2 Å². The van der Waals surface area contributed by atoms with Gasteiger partial charge < -0.3 is 0 Å². The van der Waals surface area contributed by atoms with Crippen LogP contribution in [0.1, 0.15) is 73.9 Å². The smallest absolute Gasteiger partial charge is 0.137 e. The summed E-state index contributed by atoms with van der Waals surface area (Å²) >= 11 is 0. The molecule has 4 fully saturated rings. The highest BCUT2D eigenvalue weighted by molar-refractivity contribution is 5.95. The number of aromatic nitrogens is 1. The van der Waals surface area contributed by atoms with E-state index in [9.17, 15) is 0 Å². The van der Waals surface area contributed by atoms with Gasteiger partial charge in [0, 0.05) is 27.8 Å². The molecule has 2 nitrogen and oxygen atoms in total. The summed E-state index contributed by atoms with van der Waals surface area (Å²) in [5.41, 5.74) is 20.1. The summed E-state index contributed by atoms with van der Waals surface area (Å²) in [7, 11) is 0. The number of hydrogen-bond acceptors (Lipinski definition) is 2. The van der Waals surface area contributed by atoms with Crippen molar-refractivity contribution in [3.05, 3.63) is 180 Å². The minimum absolute atomic E-state index is 0.0799. The van der Waals surface area contributed by atoms with Gasteiger partial charge in [0.25, 0.3) is 0 Å². The number of benzene rings is 6. The Morgan fingerprint density at radius 1 is 0.474 bits per heavy atom. The van der Waals surface area contributed by atoms with Gasteiger partial charge in [0.15, 0.2) is 0 Å². The molecule has 1 aromatic heterocycles. The van der Waals surface area contributed by atoms with Crippen molar-refractivity contribution in [3.8, 4) is 44.5 Å². The van der Waals surface area contributed by atoms with Gasteiger partial charge in [0.1, 0.15) is 5.82 Å². The van der Waals surface area contributed by atoms with Crippen molar-refractivity contribution in [2.45, 2.75) is 63.7 Å². The van der Waals surface area contributed by atoms with Gasteiger partial charge in [-0.25, -0.2) is 4.98 Å². The molecule has 0 aliphatic heterocycles. The SMILES string of the molecule is Cc1cccc(N(c2ccc(-c3ccc(-c4cccc5c4-c4ccccc4C54C5CC6CC(C5)CC4C6)cc3)cc2)c2cccc3c2-c2ccccc2C3(C)C)n1. The Morgan fingerprint density at radius 3 is 1.72 bits per heavy atom. The average Bonchev–Trinajstić information content (AvgIpc) is 3.67. The van der Waals surface area contributed by atoms with Gasteiger partial charge >= 0.3 is 0 Å². The molecule has 0 N–H and O–H groups in total. The van der Waals surface area contributed by atoms with E-state index in [-0.39, 0.29) is 10.8 Å². The van der Waals surface area contributed by atoms with Crippen LogP contribution in [0.2, 0.25) is 0 Å². The molecule has 7 aromatic rings. The predicted molar refractivity (Wildman–Crippen MR) is 235 cm³/mol. The number of hydrogen-bond donors (Lipinski definition) is 0. The molecule has 57 heavy (non-hydrogen) atoms. The molecule has 6 aromatic carbocycles. The van der Waals surface area contributed by atoms with E-state index in [1.54, 1.807) is 11.1 Å². The van der Waals surface area contributed by atoms with Crippen molar-refractivity contribution in [2.24, 2.45) is 23.7 Å². The number of fused-ring (bicyclic) bond motifs is 6. The normalized spacial score (nSPS) is 23.9. The third kappa shape index (κ3) is 4.68. The van der Waals surface area contributed by atoms with Crippen LogP contribution in [0.3, 0.4) is 0 Å². The largest absolute Gasteiger partial charge is 0.294 e. The first kappa shape index (κ1) is 33.4. The standard InChI is InChI=1S/C55H48N2/c1-34-11-8-20-51(56-34)57(50-19-10-17-48-53(50)44-12-4-6-15-46(44)54(48,2)3)42-27-25-38(26-28-42)37-21-23-39(24-22-37)43-14-9-18-49-52(43)45-13-5-7-16-47(45)55(49)40-30-35-29-36(32-40)33-41(55)31-35/h4-28,35-36,40-41H,29-33H2,1-3H3. The summed E-state index contributed by atoms with van der Waals surface area (Å²) in [6.45, 7) is 6.77. The molecular weight excluding hydrogens is 689 g/mol. The second-order valence-electron chi connectivity index (χ2n) is 18.4. The lowest BCUT2D eigenvalue weighted by atomic mass is 9.43. The van der Waals surface area contributed by atoms with E-state index in [4.69, 9.17) is 4.98 Å². The molecule has 4 bridgehead atoms. The van der Waals surface area contributed by atoms with Crippen LogP contribution in [0.5, 0.6) is 0 Å². The van der Waals surface area contributed by atoms with Gasteiger partial charge in [-0.2, -0.15) is 0 Å². The van der Waals surface area contributed by atoms with Crippen LogP contribution in [0, 0.1) is 30.6 Å². The molecule has 2 heteroatoms. The lowest BCUT2D eigenvalue weighted by Gasteiger charge is -2.61. The molecule has 6 aliphatic carbocycles. The Bertz CT molecular complexity index is 2710. The maximum Gasteiger partial charge on any atom is 0.137 e. The maximum atomic E-state index is 5.08. The van der Waals surface area contributed by atoms with E-state index in [1.165, 1.54) is 87.7 Å². The van der Waals surface area contributed by atoms with Gasteiger partial charge in [-0.1, -0.05) is 135 Å². The zero-order chi connectivity index (χ0) is 38.0. The van der Waals surface area contributed by atoms with Crippen molar-refractivity contribution < 1.29 is 0 Å². The molecule has 0 atom stereocenters. The monoisotopic (exact) mass is 736 g/mol. The van der Waals surface area contributed by atoms with Gasteiger partial charge in [-0.3, -0.25) is 4.90 Å². The van der Waals surface area contributed by atoms with Gasteiger partial charge in [-0.05, 0) is 154 Å². The first-order valence-electron chi connectivity index (χ1n) is 21.3. The van der Waals surface area contributed by atoms with E-state index in [0.717, 1.165) is 46.6 Å². The van der Waals surface area contributed by atoms with Crippen LogP contribution < -0.4 is 4.90 Å². The summed E-state index contributed by atoms with van der Waals surface area (Å²) in [5.74, 6) is 4.38. The maximum absolute atomic E-state index is 5.08. The zero-order valence-corrected chi connectivity index (χ0v) is 33.2. The molecule has 13 rings (SSSR count). The van der Waals surface area contributed by atoms with Crippen molar-refractivity contribution >= 4 is 17.2 Å². The summed E-state index contributed by atoms with van der Waals surface area (Å²) in [6.07, 6.45) is 7.14. The lowest BCUT2D eigenvalue weighted by molar-refractivity contribution is -0.0399. The van der Waals surface area contributed by atoms with Crippen LogP contribution in [-0.2, 0) is 10.8 Å². The first-order valence-corrected chi connectivity index (χ1v) is 21.3. The van der Waals surface area contributed by atoms with E-state index in [2.05, 4.69) is 177 Å². The average molecular weight is 737 g/mol. The molecular formula is C55H48N2. The Balaban J connectivity index is 0.915. The van der Waals surface area contributed by atoms with Crippen LogP contribution >= 0.6 is 0 Å². The first-order chi connectivity index (χ1) is 27.9. The summed E-state index contributed by atoms with van der Waals surface area (Å²) < 4.78 is 0. The van der Waals surface area contributed by atoms with E-state index < -0.39 is 0 Å². The Hall–Kier alpha value is -5.73. The van der Waals surface area contributed by atoms with Gasteiger partial charge in [-0.15, -0.1) is 0 Å². The lowest BCUT2D eigenvalue weighted by Crippen LogP contribution is -2.55. The molecule has 4 saturated carbocycles. The molecule has 0 saturated heterocycles. The molecule has 0 unspecified atom stereocenters. The fraction of sp³-hybridized carbons (Fsp3) is 0.255. The number of pyridine rings is 1. The fourth-order valence-electron chi connectivity index (χ4n) is 13.1. The number of rotatable bonds is 5. The van der Waals surface area contributed by atoms with E-state index in [1.807, 2.05) is 0 Å². The summed E-state index contributed by atoms with van der Waals surface area (Å²) in [4.78, 5) is 7.43. The second kappa shape index (κ2) is 12.1. The molecule has 1 spiro atoms. The number of aryl methyl sites for hydroxylation is 1. The molecule has 0 radical (unpaired) electrons. The highest BCUT2D eigenvalue weighted by Crippen LogP contribution is 2.70. The minimum atomic E-state index is -0.0799. The van der Waals surface area contributed by atoms with Crippen molar-refractivity contribution in [2.75, 3.05) is 4.90 Å². The van der Waals surface area contributed by atoms with Crippen molar-refractivity contribution in [1.82, 2.24) is 4.98 Å². The third-order valence-electron chi connectivity index (χ3n) is 15.2. The van der Waals surface area contributed by atoms with Crippen LogP contribution in [-0.4, -0.2) is 4.98 Å². The predicted octanol–water partition coefficient (Wildman–Crippen LogP) is 14.2. The quantitative estimate of drug-likeness (QED) is 0.175. The number of anilines is 3. The molecule has 6 aliphatic rings. The molecule has 1 heterocycles. The third-order valence-corrected chi connectivity index (χ3v) is 15.2. The Labute approximate surface area is 337 Å². The Kier molecular flexibility index (Phi) is 7.12. The fourth-order valence-corrected chi connectivity index (χ4v) is 13.1. The van der Waals surface area contributed by atoms with Crippen molar-refractivity contribution in [1.29, 1.82) is 0 Å². The van der Waals surface area contributed by atoms with E-state index in [0.29, 0.717) is 0 Å². The highest BCUT2D eigenvalue weighted by atomic mass is 15.2. The van der Waals surface area contributed by atoms with Crippen LogP contribution in [0.15, 0.2) is 152 Å². The summed E-state index contributed by atoms with van der Waals surface area (Å²) in [5, 5.41) is 0. The summed E-state index contributed by atoms with van der Waals surface area (Å²) in [6, 6.07) is 57.2. The van der Waals surface area contributed by atoms with Crippen molar-refractivity contribution in [3.63, 3.8) is 0 Å². The van der Waals surface area contributed by atoms with Gasteiger partial charge in [0.2, 0.25) is 0 Å². The van der Waals surface area contributed by atoms with E-state index >= 15 is 0 Å². The highest BCUT2D eigenvalue weighted by Gasteiger charge is 2.61. The second-order valence-corrected chi connectivity index (χ2v) is 18.4. The zero-order valence-electron chi connectivity index (χ0n) is 33.2. The topological polar surface area (TPSA) is 16.1 Å². The van der Waals surface area contributed by atoms with Gasteiger partial charge in [0.05, 0.1) is 5.69 Å². The van der Waals surface area contributed by atoms with Crippen LogP contribution in [0.25, 0.3) is 44.5 Å². The Morgan fingerprint density at radius 2 is 1.02 bits per heavy atom.